The van der Waals surface area contributed by atoms with Crippen LogP contribution in [0.5, 0.6) is 0 Å². The summed E-state index contributed by atoms with van der Waals surface area (Å²) in [6.07, 6.45) is 0.721. The molecule has 3 rings (SSSR count). The van der Waals surface area contributed by atoms with Crippen LogP contribution < -0.4 is 0 Å². The van der Waals surface area contributed by atoms with Gasteiger partial charge in [-0.3, -0.25) is 4.79 Å². The smallest absolute Gasteiger partial charge is 0.276 e. The van der Waals surface area contributed by atoms with Gasteiger partial charge in [-0.25, -0.2) is 0 Å². The summed E-state index contributed by atoms with van der Waals surface area (Å²) in [5.74, 6) is 1.70. The first kappa shape index (κ1) is 19.2. The van der Waals surface area contributed by atoms with E-state index in [1.54, 1.807) is 19.0 Å². The maximum absolute atomic E-state index is 11.9. The Morgan fingerprint density at radius 1 is 1.07 bits per heavy atom. The number of amides is 1. The van der Waals surface area contributed by atoms with Crippen molar-refractivity contribution in [3.8, 4) is 0 Å². The summed E-state index contributed by atoms with van der Waals surface area (Å²) in [5.41, 5.74) is 3.05. The molecule has 0 saturated carbocycles. The molecule has 1 unspecified atom stereocenters. The molecular formula is C21H23N3O2S. The molecule has 1 amide bonds. The van der Waals surface area contributed by atoms with Gasteiger partial charge in [0.2, 0.25) is 5.89 Å². The van der Waals surface area contributed by atoms with E-state index in [1.165, 1.54) is 17.3 Å². The quantitative estimate of drug-likeness (QED) is 0.567. The van der Waals surface area contributed by atoms with Crippen molar-refractivity contribution >= 4 is 17.7 Å². The maximum atomic E-state index is 11.9. The Morgan fingerprint density at radius 2 is 1.78 bits per heavy atom. The van der Waals surface area contributed by atoms with Crippen molar-refractivity contribution in [1.29, 1.82) is 0 Å². The topological polar surface area (TPSA) is 59.2 Å². The van der Waals surface area contributed by atoms with Crippen molar-refractivity contribution in [1.82, 2.24) is 15.1 Å². The number of rotatable bonds is 7. The maximum Gasteiger partial charge on any atom is 0.276 e. The molecule has 0 aliphatic rings. The minimum atomic E-state index is 0.00304. The van der Waals surface area contributed by atoms with Crippen LogP contribution in [0.25, 0.3) is 0 Å². The monoisotopic (exact) mass is 381 g/mol. The minimum absolute atomic E-state index is 0.00304. The van der Waals surface area contributed by atoms with Crippen LogP contribution >= 0.6 is 11.8 Å². The first-order valence-electron chi connectivity index (χ1n) is 8.83. The average Bonchev–Trinajstić information content (AvgIpc) is 3.14. The van der Waals surface area contributed by atoms with Crippen LogP contribution in [0.3, 0.4) is 0 Å². The summed E-state index contributed by atoms with van der Waals surface area (Å²) in [6.45, 7) is 2.16. The van der Waals surface area contributed by atoms with Crippen LogP contribution in [0.15, 0.2) is 64.2 Å². The second-order valence-electron chi connectivity index (χ2n) is 6.66. The minimum Gasteiger partial charge on any atom is -0.416 e. The van der Waals surface area contributed by atoms with E-state index in [0.717, 1.165) is 12.0 Å². The Bertz CT molecular complexity index is 876. The largest absolute Gasteiger partial charge is 0.416 e. The van der Waals surface area contributed by atoms with Crippen molar-refractivity contribution in [2.45, 2.75) is 30.2 Å². The summed E-state index contributed by atoms with van der Waals surface area (Å²) in [5, 5.41) is 8.86. The van der Waals surface area contributed by atoms with Gasteiger partial charge in [0.15, 0.2) is 0 Å². The molecule has 0 saturated heterocycles. The summed E-state index contributed by atoms with van der Waals surface area (Å²) < 4.78 is 5.77. The predicted molar refractivity (Wildman–Crippen MR) is 107 cm³/mol. The normalized spacial score (nSPS) is 12.0. The zero-order valence-corrected chi connectivity index (χ0v) is 16.6. The fraction of sp³-hybridized carbons (Fsp3) is 0.286. The van der Waals surface area contributed by atoms with E-state index in [9.17, 15) is 4.79 Å². The Hall–Kier alpha value is -2.60. The summed E-state index contributed by atoms with van der Waals surface area (Å²) >= 11 is 1.50. The van der Waals surface area contributed by atoms with Gasteiger partial charge in [0.25, 0.3) is 11.1 Å². The van der Waals surface area contributed by atoms with Crippen LogP contribution in [-0.4, -0.2) is 35.1 Å². The molecule has 0 fully saturated rings. The van der Waals surface area contributed by atoms with E-state index in [-0.39, 0.29) is 5.91 Å². The lowest BCUT2D eigenvalue weighted by Crippen LogP contribution is -2.21. The van der Waals surface area contributed by atoms with Gasteiger partial charge < -0.3 is 9.32 Å². The van der Waals surface area contributed by atoms with Crippen molar-refractivity contribution in [2.75, 3.05) is 14.1 Å². The summed E-state index contributed by atoms with van der Waals surface area (Å²) in [6, 6.07) is 17.9. The van der Waals surface area contributed by atoms with Gasteiger partial charge in [0.1, 0.15) is 0 Å². The Morgan fingerprint density at radius 3 is 2.44 bits per heavy atom. The molecule has 0 aliphatic carbocycles. The summed E-state index contributed by atoms with van der Waals surface area (Å²) in [4.78, 5) is 13.5. The van der Waals surface area contributed by atoms with E-state index in [4.69, 9.17) is 4.42 Å². The highest BCUT2D eigenvalue weighted by Gasteiger charge is 2.13. The van der Waals surface area contributed by atoms with Crippen LogP contribution in [0.1, 0.15) is 40.2 Å². The molecule has 3 aromatic rings. The number of benzene rings is 2. The molecule has 1 aromatic heterocycles. The van der Waals surface area contributed by atoms with Crippen LogP contribution in [0, 0.1) is 0 Å². The lowest BCUT2D eigenvalue weighted by molar-refractivity contribution is 0.0827. The Kier molecular flexibility index (Phi) is 6.29. The van der Waals surface area contributed by atoms with Crippen molar-refractivity contribution in [3.63, 3.8) is 0 Å². The lowest BCUT2D eigenvalue weighted by atomic mass is 9.98. The molecule has 1 heterocycles. The van der Waals surface area contributed by atoms with Crippen molar-refractivity contribution < 1.29 is 9.21 Å². The van der Waals surface area contributed by atoms with E-state index in [2.05, 4.69) is 29.3 Å². The molecule has 140 valence electrons. The second kappa shape index (κ2) is 8.86. The molecule has 5 nitrogen and oxygen atoms in total. The Labute approximate surface area is 163 Å². The fourth-order valence-electron chi connectivity index (χ4n) is 2.69. The number of aromatic nitrogens is 2. The van der Waals surface area contributed by atoms with Crippen LogP contribution in [0.4, 0.5) is 0 Å². The number of nitrogens with zero attached hydrogens (tertiary/aromatic N) is 3. The molecule has 0 spiro atoms. The molecule has 6 heteroatoms. The number of carbonyl (C=O) groups is 1. The van der Waals surface area contributed by atoms with Gasteiger partial charge in [0, 0.05) is 31.8 Å². The fourth-order valence-corrected chi connectivity index (χ4v) is 3.42. The first-order chi connectivity index (χ1) is 13.0. The third-order valence-electron chi connectivity index (χ3n) is 4.27. The number of hydrogen-bond acceptors (Lipinski definition) is 5. The molecular weight excluding hydrogens is 358 g/mol. The zero-order chi connectivity index (χ0) is 19.2. The highest BCUT2D eigenvalue weighted by molar-refractivity contribution is 7.98. The highest BCUT2D eigenvalue weighted by atomic mass is 32.2. The molecule has 1 atom stereocenters. The van der Waals surface area contributed by atoms with Gasteiger partial charge in [-0.2, -0.15) is 0 Å². The third-order valence-corrected chi connectivity index (χ3v) is 5.16. The molecule has 0 radical (unpaired) electrons. The average molecular weight is 382 g/mol. The Balaban J connectivity index is 1.54. The van der Waals surface area contributed by atoms with E-state index >= 15 is 0 Å². The number of hydrogen-bond donors (Lipinski definition) is 0. The predicted octanol–water partition coefficient (Wildman–Crippen LogP) is 4.41. The molecule has 0 aliphatic heterocycles. The van der Waals surface area contributed by atoms with Gasteiger partial charge in [-0.15, -0.1) is 10.2 Å². The van der Waals surface area contributed by atoms with Crippen molar-refractivity contribution in [3.05, 3.63) is 77.2 Å². The van der Waals surface area contributed by atoms with Gasteiger partial charge in [-0.1, -0.05) is 61.2 Å². The zero-order valence-electron chi connectivity index (χ0n) is 15.8. The molecule has 0 bridgehead atoms. The lowest BCUT2D eigenvalue weighted by Gasteiger charge is -2.10. The molecule has 27 heavy (non-hydrogen) atoms. The van der Waals surface area contributed by atoms with Gasteiger partial charge >= 0.3 is 0 Å². The van der Waals surface area contributed by atoms with Crippen molar-refractivity contribution in [2.24, 2.45) is 0 Å². The van der Waals surface area contributed by atoms with E-state index in [0.29, 0.717) is 28.3 Å². The summed E-state index contributed by atoms with van der Waals surface area (Å²) in [7, 11) is 3.50. The third kappa shape index (κ3) is 5.20. The molecule has 0 N–H and O–H groups in total. The van der Waals surface area contributed by atoms with Gasteiger partial charge in [0.05, 0.1) is 0 Å². The van der Waals surface area contributed by atoms with E-state index in [1.807, 2.05) is 42.5 Å². The number of carbonyl (C=O) groups excluding carboxylic acids is 1. The highest BCUT2D eigenvalue weighted by Crippen LogP contribution is 2.24. The standard InChI is InChI=1S/C21H23N3O2S/c1-15(17-7-5-4-6-8-17)13-19-22-23-21(26-19)27-14-16-9-11-18(12-10-16)20(25)24(2)3/h4-12,15H,13-14H2,1-3H3. The first-order valence-corrected chi connectivity index (χ1v) is 9.82. The van der Waals surface area contributed by atoms with Gasteiger partial charge in [-0.05, 0) is 29.2 Å². The van der Waals surface area contributed by atoms with E-state index < -0.39 is 0 Å². The number of thioether (sulfide) groups is 1. The van der Waals surface area contributed by atoms with Crippen LogP contribution in [-0.2, 0) is 12.2 Å². The SMILES string of the molecule is CC(Cc1nnc(SCc2ccc(C(=O)N(C)C)cc2)o1)c1ccccc1. The van der Waals surface area contributed by atoms with Crippen LogP contribution in [0.2, 0.25) is 0 Å². The second-order valence-corrected chi connectivity index (χ2v) is 7.59. The molecule has 2 aromatic carbocycles.